The van der Waals surface area contributed by atoms with Crippen molar-refractivity contribution in [1.82, 2.24) is 0 Å². The summed E-state index contributed by atoms with van der Waals surface area (Å²) in [7, 11) is -2.79. The van der Waals surface area contributed by atoms with E-state index in [9.17, 15) is 13.2 Å². The molecule has 0 aromatic heterocycles. The van der Waals surface area contributed by atoms with Crippen molar-refractivity contribution in [2.45, 2.75) is 0 Å². The molecule has 0 aliphatic rings. The van der Waals surface area contributed by atoms with E-state index in [0.717, 1.165) is 0 Å². The smallest absolute Gasteiger partial charge is 0.323 e. The number of hydrogen-bond acceptors (Lipinski definition) is 6. The van der Waals surface area contributed by atoms with Gasteiger partial charge in [0.2, 0.25) is 0 Å². The molecule has 0 aromatic rings. The minimum atomic E-state index is -4.31. The Kier molecular flexibility index (Phi) is 7.22. The van der Waals surface area contributed by atoms with Gasteiger partial charge < -0.3 is 14.2 Å². The third-order valence-electron chi connectivity index (χ3n) is 1.22. The molecule has 0 spiro atoms. The molecule has 0 radical (unpaired) electrons. The second-order valence-electron chi connectivity index (χ2n) is 2.55. The van der Waals surface area contributed by atoms with Gasteiger partial charge in [-0.2, -0.15) is 8.42 Å². The van der Waals surface area contributed by atoms with Gasteiger partial charge in [-0.05, 0) is 0 Å². The van der Waals surface area contributed by atoms with Crippen LogP contribution in [0.5, 0.6) is 0 Å². The molecule has 0 unspecified atom stereocenters. The highest BCUT2D eigenvalue weighted by atomic mass is 32.2. The monoisotopic (exact) mass is 242 g/mol. The minimum absolute atomic E-state index is 0.0575. The van der Waals surface area contributed by atoms with Crippen LogP contribution >= 0.6 is 0 Å². The lowest BCUT2D eigenvalue weighted by Gasteiger charge is -2.04. The summed E-state index contributed by atoms with van der Waals surface area (Å²) >= 11 is 0. The minimum Gasteiger partial charge on any atom is -0.462 e. The van der Waals surface area contributed by atoms with Crippen molar-refractivity contribution in [2.24, 2.45) is 0 Å². The average Bonchev–Trinajstić information content (AvgIpc) is 2.08. The molecule has 0 aliphatic carbocycles. The Bertz CT molecular complexity index is 271. The summed E-state index contributed by atoms with van der Waals surface area (Å²) in [6.07, 6.45) is 0. The Hall–Kier alpha value is -0.700. The molecule has 0 rings (SSSR count). The van der Waals surface area contributed by atoms with E-state index >= 15 is 0 Å². The standard InChI is InChI=1S/C7H14O7S/c1-12-2-3-13-4-5-14-7(8)6-15(9,10)11/h2-6H2,1H3,(H,9,10,11). The Morgan fingerprint density at radius 3 is 2.33 bits per heavy atom. The third-order valence-corrected chi connectivity index (χ3v) is 1.82. The first-order valence-corrected chi connectivity index (χ1v) is 5.74. The Balaban J connectivity index is 3.40. The van der Waals surface area contributed by atoms with Crippen molar-refractivity contribution in [3.63, 3.8) is 0 Å². The number of ether oxygens (including phenoxy) is 3. The lowest BCUT2D eigenvalue weighted by molar-refractivity contribution is -0.142. The number of esters is 1. The first kappa shape index (κ1) is 14.3. The molecule has 0 atom stereocenters. The number of rotatable bonds is 8. The largest absolute Gasteiger partial charge is 0.462 e. The van der Waals surface area contributed by atoms with E-state index in [1.807, 2.05) is 0 Å². The maximum Gasteiger partial charge on any atom is 0.323 e. The van der Waals surface area contributed by atoms with Crippen LogP contribution in [-0.4, -0.2) is 58.2 Å². The van der Waals surface area contributed by atoms with Crippen LogP contribution in [0, 0.1) is 0 Å². The zero-order valence-electron chi connectivity index (χ0n) is 8.34. The zero-order chi connectivity index (χ0) is 11.7. The van der Waals surface area contributed by atoms with E-state index in [1.54, 1.807) is 0 Å². The van der Waals surface area contributed by atoms with Gasteiger partial charge in [0, 0.05) is 7.11 Å². The number of carbonyl (C=O) groups excluding carboxylic acids is 1. The van der Waals surface area contributed by atoms with Crippen molar-refractivity contribution in [3.05, 3.63) is 0 Å². The Morgan fingerprint density at radius 1 is 1.20 bits per heavy atom. The van der Waals surface area contributed by atoms with Gasteiger partial charge in [0.05, 0.1) is 19.8 Å². The van der Waals surface area contributed by atoms with E-state index in [0.29, 0.717) is 13.2 Å². The van der Waals surface area contributed by atoms with Gasteiger partial charge in [0.15, 0.2) is 5.75 Å². The van der Waals surface area contributed by atoms with E-state index in [4.69, 9.17) is 14.0 Å². The summed E-state index contributed by atoms with van der Waals surface area (Å²) in [5.74, 6) is -2.04. The van der Waals surface area contributed by atoms with Crippen molar-refractivity contribution in [2.75, 3.05) is 39.3 Å². The molecule has 90 valence electrons. The SMILES string of the molecule is COCCOCCOC(=O)CS(=O)(=O)O. The molecule has 0 heterocycles. The first-order valence-electron chi connectivity index (χ1n) is 4.13. The highest BCUT2D eigenvalue weighted by Crippen LogP contribution is 1.87. The van der Waals surface area contributed by atoms with E-state index in [2.05, 4.69) is 4.74 Å². The fourth-order valence-corrected chi connectivity index (χ4v) is 1.03. The van der Waals surface area contributed by atoms with Crippen LogP contribution < -0.4 is 0 Å². The quantitative estimate of drug-likeness (QED) is 0.334. The topological polar surface area (TPSA) is 99.1 Å². The third kappa shape index (κ3) is 11.2. The molecule has 0 aromatic carbocycles. The molecule has 0 aliphatic heterocycles. The first-order chi connectivity index (χ1) is 6.95. The number of methoxy groups -OCH3 is 1. The summed E-state index contributed by atoms with van der Waals surface area (Å²) in [6, 6.07) is 0. The molecule has 0 saturated carbocycles. The lowest BCUT2D eigenvalue weighted by atomic mass is 10.7. The fraction of sp³-hybridized carbons (Fsp3) is 0.857. The van der Waals surface area contributed by atoms with Crippen LogP contribution in [0.15, 0.2) is 0 Å². The van der Waals surface area contributed by atoms with Crippen LogP contribution in [0.4, 0.5) is 0 Å². The number of carbonyl (C=O) groups is 1. The maximum atomic E-state index is 10.7. The summed E-state index contributed by atoms with van der Waals surface area (Å²) < 4.78 is 42.8. The number of hydrogen-bond donors (Lipinski definition) is 1. The van der Waals surface area contributed by atoms with E-state index in [1.165, 1.54) is 7.11 Å². The van der Waals surface area contributed by atoms with E-state index in [-0.39, 0.29) is 13.2 Å². The summed E-state index contributed by atoms with van der Waals surface area (Å²) in [6.45, 7) is 0.893. The van der Waals surface area contributed by atoms with Crippen molar-refractivity contribution in [1.29, 1.82) is 0 Å². The molecule has 15 heavy (non-hydrogen) atoms. The van der Waals surface area contributed by atoms with Crippen LogP contribution in [0.2, 0.25) is 0 Å². The molecular weight excluding hydrogens is 228 g/mol. The van der Waals surface area contributed by atoms with Crippen LogP contribution in [0.3, 0.4) is 0 Å². The average molecular weight is 242 g/mol. The zero-order valence-corrected chi connectivity index (χ0v) is 9.16. The van der Waals surface area contributed by atoms with Gasteiger partial charge in [0.25, 0.3) is 10.1 Å². The predicted octanol–water partition coefficient (Wildman–Crippen LogP) is -0.920. The Morgan fingerprint density at radius 2 is 1.80 bits per heavy atom. The second kappa shape index (κ2) is 7.57. The normalized spacial score (nSPS) is 11.3. The Labute approximate surface area is 88.1 Å². The molecule has 0 saturated heterocycles. The van der Waals surface area contributed by atoms with Crippen molar-refractivity contribution in [3.8, 4) is 0 Å². The van der Waals surface area contributed by atoms with Crippen LogP contribution in [-0.2, 0) is 29.1 Å². The molecule has 8 heteroatoms. The highest BCUT2D eigenvalue weighted by molar-refractivity contribution is 7.86. The molecule has 7 nitrogen and oxygen atoms in total. The summed E-state index contributed by atoms with van der Waals surface area (Å²) in [5, 5.41) is 0. The predicted molar refractivity (Wildman–Crippen MR) is 50.1 cm³/mol. The van der Waals surface area contributed by atoms with Gasteiger partial charge in [-0.15, -0.1) is 0 Å². The van der Waals surface area contributed by atoms with Crippen LogP contribution in [0.1, 0.15) is 0 Å². The molecule has 0 bridgehead atoms. The molecule has 1 N–H and O–H groups in total. The molecular formula is C7H14O7S. The molecule has 0 amide bonds. The van der Waals surface area contributed by atoms with E-state index < -0.39 is 21.8 Å². The van der Waals surface area contributed by atoms with Crippen LogP contribution in [0.25, 0.3) is 0 Å². The van der Waals surface area contributed by atoms with Gasteiger partial charge in [-0.1, -0.05) is 0 Å². The van der Waals surface area contributed by atoms with Gasteiger partial charge in [-0.3, -0.25) is 9.35 Å². The summed E-state index contributed by atoms with van der Waals surface area (Å²) in [5.41, 5.74) is 0. The maximum absolute atomic E-state index is 10.7. The van der Waals surface area contributed by atoms with Gasteiger partial charge in [-0.25, -0.2) is 0 Å². The van der Waals surface area contributed by atoms with Crippen molar-refractivity contribution < 1.29 is 32.0 Å². The second-order valence-corrected chi connectivity index (χ2v) is 4.00. The van der Waals surface area contributed by atoms with Gasteiger partial charge >= 0.3 is 5.97 Å². The van der Waals surface area contributed by atoms with Crippen molar-refractivity contribution >= 4 is 16.1 Å². The lowest BCUT2D eigenvalue weighted by Crippen LogP contribution is -2.20. The summed E-state index contributed by atoms with van der Waals surface area (Å²) in [4.78, 5) is 10.7. The fourth-order valence-electron chi connectivity index (χ4n) is 0.649. The molecule has 0 fully saturated rings. The highest BCUT2D eigenvalue weighted by Gasteiger charge is 2.13. The van der Waals surface area contributed by atoms with Gasteiger partial charge in [0.1, 0.15) is 6.61 Å².